The summed E-state index contributed by atoms with van der Waals surface area (Å²) in [5.41, 5.74) is 1.65. The van der Waals surface area contributed by atoms with Crippen LogP contribution in [0, 0.1) is 6.92 Å². The van der Waals surface area contributed by atoms with Crippen LogP contribution in [0.15, 0.2) is 54.6 Å². The fourth-order valence-electron chi connectivity index (χ4n) is 3.67. The predicted molar refractivity (Wildman–Crippen MR) is 97.0 cm³/mol. The Hall–Kier alpha value is -2.09. The smallest absolute Gasteiger partial charge is 0.321 e. The SMILES string of the molecule is [CH2]Cc1cccc(OC(=O)C2(c3ccccc3)CCCCCC2)c1. The molecule has 0 unspecified atom stereocenters. The zero-order chi connectivity index (χ0) is 16.8. The first-order valence-electron chi connectivity index (χ1n) is 8.91. The molecule has 0 N–H and O–H groups in total. The van der Waals surface area contributed by atoms with Crippen LogP contribution >= 0.6 is 0 Å². The lowest BCUT2D eigenvalue weighted by Crippen LogP contribution is -2.39. The average molecular weight is 321 g/mol. The molecule has 1 radical (unpaired) electrons. The highest BCUT2D eigenvalue weighted by Gasteiger charge is 2.41. The topological polar surface area (TPSA) is 26.3 Å². The molecule has 0 aromatic heterocycles. The number of carbonyl (C=O) groups is 1. The first-order valence-corrected chi connectivity index (χ1v) is 8.91. The molecule has 0 atom stereocenters. The number of benzene rings is 2. The Morgan fingerprint density at radius 2 is 1.67 bits per heavy atom. The van der Waals surface area contributed by atoms with Crippen LogP contribution in [0.3, 0.4) is 0 Å². The van der Waals surface area contributed by atoms with Gasteiger partial charge in [-0.2, -0.15) is 0 Å². The summed E-state index contributed by atoms with van der Waals surface area (Å²) >= 11 is 0. The summed E-state index contributed by atoms with van der Waals surface area (Å²) in [4.78, 5) is 13.2. The van der Waals surface area contributed by atoms with Crippen LogP contribution in [0.5, 0.6) is 5.75 Å². The highest BCUT2D eigenvalue weighted by molar-refractivity contribution is 5.85. The van der Waals surface area contributed by atoms with Crippen molar-refractivity contribution < 1.29 is 9.53 Å². The molecule has 1 aliphatic rings. The number of hydrogen-bond donors (Lipinski definition) is 0. The van der Waals surface area contributed by atoms with Gasteiger partial charge in [0.15, 0.2) is 0 Å². The maximum Gasteiger partial charge on any atom is 0.321 e. The van der Waals surface area contributed by atoms with Crippen LogP contribution in [0.2, 0.25) is 0 Å². The number of ether oxygens (including phenoxy) is 1. The van der Waals surface area contributed by atoms with E-state index in [2.05, 4.69) is 19.1 Å². The van der Waals surface area contributed by atoms with Gasteiger partial charge in [0.2, 0.25) is 0 Å². The Kier molecular flexibility index (Phi) is 5.34. The molecule has 3 rings (SSSR count). The maximum absolute atomic E-state index is 13.2. The second-order valence-electron chi connectivity index (χ2n) is 6.65. The lowest BCUT2D eigenvalue weighted by atomic mass is 9.74. The van der Waals surface area contributed by atoms with E-state index in [0.717, 1.165) is 36.8 Å². The molecule has 2 aromatic carbocycles. The summed E-state index contributed by atoms with van der Waals surface area (Å²) < 4.78 is 5.84. The van der Waals surface area contributed by atoms with Gasteiger partial charge in [0, 0.05) is 0 Å². The van der Waals surface area contributed by atoms with E-state index in [1.54, 1.807) is 0 Å². The van der Waals surface area contributed by atoms with E-state index in [9.17, 15) is 4.79 Å². The highest BCUT2D eigenvalue weighted by Crippen LogP contribution is 2.39. The van der Waals surface area contributed by atoms with E-state index in [-0.39, 0.29) is 5.97 Å². The van der Waals surface area contributed by atoms with Gasteiger partial charge in [-0.3, -0.25) is 4.79 Å². The summed E-state index contributed by atoms with van der Waals surface area (Å²) in [6.45, 7) is 3.90. The second-order valence-corrected chi connectivity index (χ2v) is 6.65. The Bertz CT molecular complexity index is 667. The maximum atomic E-state index is 13.2. The van der Waals surface area contributed by atoms with Crippen molar-refractivity contribution in [1.29, 1.82) is 0 Å². The molecule has 2 aromatic rings. The zero-order valence-corrected chi connectivity index (χ0v) is 14.2. The Balaban J connectivity index is 1.91. The third-order valence-corrected chi connectivity index (χ3v) is 5.07. The first-order chi connectivity index (χ1) is 11.7. The quantitative estimate of drug-likeness (QED) is 0.436. The summed E-state index contributed by atoms with van der Waals surface area (Å²) in [5, 5.41) is 0. The standard InChI is InChI=1S/C22H25O2/c1-2-18-11-10-14-20(17-18)24-21(23)22(15-8-3-4-9-16-22)19-12-6-5-7-13-19/h5-7,10-14,17H,1-4,8-9,15-16H2. The van der Waals surface area contributed by atoms with Crippen molar-refractivity contribution in [3.05, 3.63) is 72.6 Å². The number of carbonyl (C=O) groups excluding carboxylic acids is 1. The third-order valence-electron chi connectivity index (χ3n) is 5.07. The molecule has 0 amide bonds. The van der Waals surface area contributed by atoms with Crippen LogP contribution in [0.25, 0.3) is 0 Å². The van der Waals surface area contributed by atoms with Crippen molar-refractivity contribution in [1.82, 2.24) is 0 Å². The molecule has 0 saturated heterocycles. The molecular formula is C22H25O2. The van der Waals surface area contributed by atoms with Crippen molar-refractivity contribution in [2.75, 3.05) is 0 Å². The third kappa shape index (κ3) is 3.53. The fraction of sp³-hybridized carbons (Fsp3) is 0.364. The molecule has 125 valence electrons. The monoisotopic (exact) mass is 321 g/mol. The molecule has 0 bridgehead atoms. The van der Waals surface area contributed by atoms with Gasteiger partial charge < -0.3 is 4.74 Å². The molecule has 0 aliphatic heterocycles. The van der Waals surface area contributed by atoms with Crippen molar-refractivity contribution in [2.45, 2.75) is 50.4 Å². The van der Waals surface area contributed by atoms with E-state index < -0.39 is 5.41 Å². The number of hydrogen-bond acceptors (Lipinski definition) is 2. The van der Waals surface area contributed by atoms with Gasteiger partial charge in [-0.1, -0.05) is 68.1 Å². The van der Waals surface area contributed by atoms with Crippen LogP contribution in [-0.4, -0.2) is 5.97 Å². The van der Waals surface area contributed by atoms with Crippen molar-refractivity contribution in [3.8, 4) is 5.75 Å². The van der Waals surface area contributed by atoms with E-state index in [1.807, 2.05) is 42.5 Å². The Labute approximate surface area is 144 Å². The Morgan fingerprint density at radius 1 is 0.958 bits per heavy atom. The van der Waals surface area contributed by atoms with Gasteiger partial charge in [-0.05, 0) is 49.4 Å². The second kappa shape index (κ2) is 7.65. The van der Waals surface area contributed by atoms with Crippen LogP contribution in [-0.2, 0) is 16.6 Å². The minimum Gasteiger partial charge on any atom is -0.426 e. The van der Waals surface area contributed by atoms with Gasteiger partial charge in [-0.25, -0.2) is 0 Å². The predicted octanol–water partition coefficient (Wildman–Crippen LogP) is 5.26. The van der Waals surface area contributed by atoms with Crippen molar-refractivity contribution in [2.24, 2.45) is 0 Å². The van der Waals surface area contributed by atoms with E-state index >= 15 is 0 Å². The lowest BCUT2D eigenvalue weighted by Gasteiger charge is -2.31. The van der Waals surface area contributed by atoms with Crippen molar-refractivity contribution >= 4 is 5.97 Å². The van der Waals surface area contributed by atoms with Gasteiger partial charge in [-0.15, -0.1) is 0 Å². The van der Waals surface area contributed by atoms with Gasteiger partial charge in [0.1, 0.15) is 5.75 Å². The number of rotatable bonds is 4. The first kappa shape index (κ1) is 16.8. The summed E-state index contributed by atoms with van der Waals surface area (Å²) in [5.74, 6) is 0.512. The molecule has 2 nitrogen and oxygen atoms in total. The minimum atomic E-state index is -0.516. The van der Waals surface area contributed by atoms with Crippen molar-refractivity contribution in [3.63, 3.8) is 0 Å². The molecule has 0 spiro atoms. The fourth-order valence-corrected chi connectivity index (χ4v) is 3.67. The normalized spacial score (nSPS) is 17.0. The molecule has 0 heterocycles. The molecule has 1 fully saturated rings. The van der Waals surface area contributed by atoms with Crippen LogP contribution in [0.4, 0.5) is 0 Å². The summed E-state index contributed by atoms with van der Waals surface area (Å²) in [6.07, 6.45) is 6.95. The van der Waals surface area contributed by atoms with E-state index in [0.29, 0.717) is 12.2 Å². The molecule has 24 heavy (non-hydrogen) atoms. The Morgan fingerprint density at radius 3 is 2.33 bits per heavy atom. The molecule has 2 heteroatoms. The van der Waals surface area contributed by atoms with E-state index in [4.69, 9.17) is 4.74 Å². The molecule has 1 aliphatic carbocycles. The summed E-state index contributed by atoms with van der Waals surface area (Å²) in [6, 6.07) is 17.9. The number of esters is 1. The average Bonchev–Trinajstić information content (AvgIpc) is 2.89. The highest BCUT2D eigenvalue weighted by atomic mass is 16.5. The van der Waals surface area contributed by atoms with Crippen LogP contribution in [0.1, 0.15) is 49.7 Å². The van der Waals surface area contributed by atoms with Crippen LogP contribution < -0.4 is 4.74 Å². The van der Waals surface area contributed by atoms with Gasteiger partial charge >= 0.3 is 5.97 Å². The minimum absolute atomic E-state index is 0.114. The largest absolute Gasteiger partial charge is 0.426 e. The molecule has 1 saturated carbocycles. The van der Waals surface area contributed by atoms with E-state index in [1.165, 1.54) is 12.8 Å². The van der Waals surface area contributed by atoms with Gasteiger partial charge in [0.25, 0.3) is 0 Å². The molecular weight excluding hydrogens is 296 g/mol. The lowest BCUT2D eigenvalue weighted by molar-refractivity contribution is -0.141. The summed E-state index contributed by atoms with van der Waals surface area (Å²) in [7, 11) is 0. The zero-order valence-electron chi connectivity index (χ0n) is 14.2. The van der Waals surface area contributed by atoms with Gasteiger partial charge in [0.05, 0.1) is 5.41 Å².